The number of rotatable bonds is 5. The topological polar surface area (TPSA) is 57.1 Å². The highest BCUT2D eigenvalue weighted by Gasteiger charge is 2.21. The van der Waals surface area contributed by atoms with Gasteiger partial charge in [0.25, 0.3) is 0 Å². The summed E-state index contributed by atoms with van der Waals surface area (Å²) in [6.45, 7) is 0.384. The van der Waals surface area contributed by atoms with Crippen LogP contribution in [-0.2, 0) is 16.0 Å². The fourth-order valence-electron chi connectivity index (χ4n) is 2.60. The van der Waals surface area contributed by atoms with Crippen LogP contribution in [-0.4, -0.2) is 39.1 Å². The fourth-order valence-corrected chi connectivity index (χ4v) is 2.60. The lowest BCUT2D eigenvalue weighted by molar-refractivity contribution is -0.113. The van der Waals surface area contributed by atoms with Crippen LogP contribution in [0.15, 0.2) is 35.3 Å². The number of aldehydes is 1. The van der Waals surface area contributed by atoms with E-state index in [4.69, 9.17) is 14.2 Å². The molecule has 3 rings (SSSR count). The highest BCUT2D eigenvalue weighted by Crippen LogP contribution is 2.31. The second-order valence-corrected chi connectivity index (χ2v) is 5.04. The molecule has 0 fully saturated rings. The molecule has 0 saturated carbocycles. The largest absolute Gasteiger partial charge is 0.497 e. The summed E-state index contributed by atoms with van der Waals surface area (Å²) in [6.07, 6.45) is 0.795. The average molecular weight is 299 g/mol. The third-order valence-corrected chi connectivity index (χ3v) is 3.73. The van der Waals surface area contributed by atoms with Crippen molar-refractivity contribution in [3.63, 3.8) is 0 Å². The zero-order chi connectivity index (χ0) is 15.5. The second-order valence-electron chi connectivity index (χ2n) is 5.04. The van der Waals surface area contributed by atoms with Gasteiger partial charge >= 0.3 is 0 Å². The molecule has 0 saturated heterocycles. The molecule has 0 bridgehead atoms. The Bertz CT molecular complexity index is 734. The number of aliphatic imine (C=N–C) groups is 1. The summed E-state index contributed by atoms with van der Waals surface area (Å²) in [4.78, 5) is 15.1. The molecular weight excluding hydrogens is 282 g/mol. The Kier molecular flexibility index (Phi) is 3.96. The van der Waals surface area contributed by atoms with Crippen molar-refractivity contribution in [2.24, 2.45) is 4.99 Å². The molecule has 1 atom stereocenters. The van der Waals surface area contributed by atoms with E-state index in [0.717, 1.165) is 34.1 Å². The van der Waals surface area contributed by atoms with Gasteiger partial charge in [0.1, 0.15) is 11.5 Å². The zero-order valence-electron chi connectivity index (χ0n) is 12.5. The SMILES string of the molecule is COc1ccc2ccc(OC)c(CC3=NCC(C=O)O3)c2c1. The molecule has 0 aromatic heterocycles. The number of methoxy groups -OCH3 is 2. The standard InChI is InChI=1S/C17H17NO4/c1-20-12-5-3-11-4-6-16(21-2)15(14(11)7-12)8-17-18-9-13(10-19)22-17/h3-7,10,13H,8-9H2,1-2H3. The number of fused-ring (bicyclic) bond motifs is 1. The first-order valence-corrected chi connectivity index (χ1v) is 7.04. The Labute approximate surface area is 128 Å². The lowest BCUT2D eigenvalue weighted by Gasteiger charge is -2.13. The van der Waals surface area contributed by atoms with Crippen LogP contribution in [0.25, 0.3) is 10.8 Å². The molecule has 1 aliphatic heterocycles. The molecule has 22 heavy (non-hydrogen) atoms. The summed E-state index contributed by atoms with van der Waals surface area (Å²) in [5, 5.41) is 2.11. The van der Waals surface area contributed by atoms with Crippen molar-refractivity contribution in [2.45, 2.75) is 12.5 Å². The lowest BCUT2D eigenvalue weighted by Crippen LogP contribution is -2.15. The van der Waals surface area contributed by atoms with Crippen molar-refractivity contribution in [1.82, 2.24) is 0 Å². The molecule has 2 aromatic rings. The predicted molar refractivity (Wildman–Crippen MR) is 84.0 cm³/mol. The van der Waals surface area contributed by atoms with Crippen LogP contribution in [0.2, 0.25) is 0 Å². The molecule has 1 aliphatic rings. The number of hydrogen-bond acceptors (Lipinski definition) is 5. The maximum absolute atomic E-state index is 10.8. The molecule has 5 heteroatoms. The summed E-state index contributed by atoms with van der Waals surface area (Å²) >= 11 is 0. The van der Waals surface area contributed by atoms with E-state index in [-0.39, 0.29) is 0 Å². The van der Waals surface area contributed by atoms with Gasteiger partial charge in [0, 0.05) is 5.56 Å². The normalized spacial score (nSPS) is 17.0. The van der Waals surface area contributed by atoms with Gasteiger partial charge in [0.2, 0.25) is 0 Å². The van der Waals surface area contributed by atoms with Crippen LogP contribution in [0, 0.1) is 0 Å². The van der Waals surface area contributed by atoms with Crippen LogP contribution >= 0.6 is 0 Å². The highest BCUT2D eigenvalue weighted by molar-refractivity contribution is 5.94. The van der Waals surface area contributed by atoms with E-state index in [0.29, 0.717) is 18.9 Å². The van der Waals surface area contributed by atoms with E-state index in [1.54, 1.807) is 14.2 Å². The zero-order valence-corrected chi connectivity index (χ0v) is 12.5. The number of benzene rings is 2. The van der Waals surface area contributed by atoms with Crippen molar-refractivity contribution >= 4 is 23.0 Å². The van der Waals surface area contributed by atoms with E-state index >= 15 is 0 Å². The van der Waals surface area contributed by atoms with Crippen LogP contribution in [0.1, 0.15) is 5.56 Å². The minimum Gasteiger partial charge on any atom is -0.497 e. The Morgan fingerprint density at radius 2 is 2.09 bits per heavy atom. The number of carbonyl (C=O) groups excluding carboxylic acids is 1. The summed E-state index contributed by atoms with van der Waals surface area (Å²) < 4.78 is 16.3. The molecule has 1 unspecified atom stereocenters. The molecule has 1 heterocycles. The monoisotopic (exact) mass is 299 g/mol. The minimum absolute atomic E-state index is 0.384. The minimum atomic E-state index is -0.467. The Morgan fingerprint density at radius 1 is 1.27 bits per heavy atom. The maximum Gasteiger partial charge on any atom is 0.188 e. The molecule has 0 N–H and O–H groups in total. The van der Waals surface area contributed by atoms with Crippen molar-refractivity contribution in [3.8, 4) is 11.5 Å². The Morgan fingerprint density at radius 3 is 2.77 bits per heavy atom. The van der Waals surface area contributed by atoms with Crippen LogP contribution in [0.5, 0.6) is 11.5 Å². The summed E-state index contributed by atoms with van der Waals surface area (Å²) in [6, 6.07) is 9.83. The van der Waals surface area contributed by atoms with E-state index < -0.39 is 6.10 Å². The van der Waals surface area contributed by atoms with Gasteiger partial charge in [0.05, 0.1) is 27.2 Å². The summed E-state index contributed by atoms with van der Waals surface area (Å²) in [5.74, 6) is 2.11. The predicted octanol–water partition coefficient (Wildman–Crippen LogP) is 2.40. The van der Waals surface area contributed by atoms with Crippen molar-refractivity contribution in [1.29, 1.82) is 0 Å². The smallest absolute Gasteiger partial charge is 0.188 e. The highest BCUT2D eigenvalue weighted by atomic mass is 16.5. The van der Waals surface area contributed by atoms with Crippen molar-refractivity contribution in [2.75, 3.05) is 20.8 Å². The number of nitrogens with zero attached hydrogens (tertiary/aromatic N) is 1. The maximum atomic E-state index is 10.8. The molecule has 114 valence electrons. The van der Waals surface area contributed by atoms with Crippen LogP contribution < -0.4 is 9.47 Å². The summed E-state index contributed by atoms with van der Waals surface area (Å²) in [7, 11) is 3.27. The molecule has 0 spiro atoms. The van der Waals surface area contributed by atoms with E-state index in [1.165, 1.54) is 0 Å². The van der Waals surface area contributed by atoms with Gasteiger partial charge < -0.3 is 14.2 Å². The van der Waals surface area contributed by atoms with E-state index in [2.05, 4.69) is 4.99 Å². The second kappa shape index (κ2) is 6.05. The van der Waals surface area contributed by atoms with Gasteiger partial charge in [-0.1, -0.05) is 12.1 Å². The first-order valence-electron chi connectivity index (χ1n) is 7.04. The fraction of sp³-hybridized carbons (Fsp3) is 0.294. The first kappa shape index (κ1) is 14.4. The molecule has 2 aromatic carbocycles. The van der Waals surface area contributed by atoms with Gasteiger partial charge in [-0.15, -0.1) is 0 Å². The summed E-state index contributed by atoms with van der Waals surface area (Å²) in [5.41, 5.74) is 0.976. The third-order valence-electron chi connectivity index (χ3n) is 3.73. The van der Waals surface area contributed by atoms with Gasteiger partial charge in [-0.2, -0.15) is 0 Å². The quantitative estimate of drug-likeness (QED) is 0.796. The van der Waals surface area contributed by atoms with Crippen molar-refractivity contribution < 1.29 is 19.0 Å². The van der Waals surface area contributed by atoms with Crippen LogP contribution in [0.4, 0.5) is 0 Å². The van der Waals surface area contributed by atoms with E-state index in [1.807, 2.05) is 30.3 Å². The van der Waals surface area contributed by atoms with E-state index in [9.17, 15) is 4.79 Å². The Hall–Kier alpha value is -2.56. The molecule has 0 radical (unpaired) electrons. The van der Waals surface area contributed by atoms with Crippen LogP contribution in [0.3, 0.4) is 0 Å². The molecular formula is C17H17NO4. The molecule has 5 nitrogen and oxygen atoms in total. The van der Waals surface area contributed by atoms with Gasteiger partial charge in [-0.3, -0.25) is 9.79 Å². The average Bonchev–Trinajstić information content (AvgIpc) is 3.02. The number of carbonyl (C=O) groups is 1. The Balaban J connectivity index is 2.03. The van der Waals surface area contributed by atoms with Gasteiger partial charge in [-0.25, -0.2) is 0 Å². The molecule has 0 amide bonds. The third kappa shape index (κ3) is 2.62. The first-order chi connectivity index (χ1) is 10.7. The van der Waals surface area contributed by atoms with Crippen molar-refractivity contribution in [3.05, 3.63) is 35.9 Å². The van der Waals surface area contributed by atoms with Gasteiger partial charge in [0.15, 0.2) is 18.3 Å². The van der Waals surface area contributed by atoms with Gasteiger partial charge in [-0.05, 0) is 29.0 Å². The molecule has 0 aliphatic carbocycles. The number of hydrogen-bond donors (Lipinski definition) is 0. The lowest BCUT2D eigenvalue weighted by atomic mass is 10.0. The number of ether oxygens (including phenoxy) is 3.